The molecule has 1 heterocycles. The molecule has 2 N–H and O–H groups in total. The maximum absolute atomic E-state index is 12.3. The predicted octanol–water partition coefficient (Wildman–Crippen LogP) is 0.721. The number of methoxy groups -OCH3 is 1. The van der Waals surface area contributed by atoms with Crippen molar-refractivity contribution in [1.82, 2.24) is 10.6 Å². The summed E-state index contributed by atoms with van der Waals surface area (Å²) >= 11 is 0. The Morgan fingerprint density at radius 3 is 2.73 bits per heavy atom. The minimum absolute atomic E-state index is 0.236. The lowest BCUT2D eigenvalue weighted by atomic mass is 10.1. The van der Waals surface area contributed by atoms with Crippen LogP contribution in [0, 0.1) is 0 Å². The fraction of sp³-hybridized carbons (Fsp3) is 0.467. The Hall–Kier alpha value is -2.44. The molecule has 0 aromatic heterocycles. The molecule has 0 bridgehead atoms. The summed E-state index contributed by atoms with van der Waals surface area (Å²) in [5.41, 5.74) is 0.345. The third kappa shape index (κ3) is 3.41. The molecule has 7 nitrogen and oxygen atoms in total. The van der Waals surface area contributed by atoms with Crippen molar-refractivity contribution in [2.45, 2.75) is 19.9 Å². The number of carbonyl (C=O) groups is 2. The van der Waals surface area contributed by atoms with Crippen molar-refractivity contribution < 1.29 is 23.8 Å². The Morgan fingerprint density at radius 1 is 1.32 bits per heavy atom. The molecule has 1 aliphatic heterocycles. The molecule has 1 atom stereocenters. The molecule has 1 aromatic carbocycles. The summed E-state index contributed by atoms with van der Waals surface area (Å²) in [5, 5.41) is 5.29. The number of hydrogen-bond donors (Lipinski definition) is 2. The maximum Gasteiger partial charge on any atom is 0.252 e. The van der Waals surface area contributed by atoms with Crippen molar-refractivity contribution >= 4 is 11.8 Å². The van der Waals surface area contributed by atoms with E-state index in [4.69, 9.17) is 14.2 Å². The van der Waals surface area contributed by atoms with Gasteiger partial charge in [-0.15, -0.1) is 0 Å². The van der Waals surface area contributed by atoms with Gasteiger partial charge in [0.2, 0.25) is 11.7 Å². The lowest BCUT2D eigenvalue weighted by Gasteiger charge is -2.21. The van der Waals surface area contributed by atoms with E-state index in [9.17, 15) is 9.59 Å². The molecule has 0 saturated heterocycles. The monoisotopic (exact) mass is 308 g/mol. The molecule has 2 amide bonds. The number of amides is 2. The van der Waals surface area contributed by atoms with E-state index < -0.39 is 6.04 Å². The average Bonchev–Trinajstić information content (AvgIpc) is 2.53. The second-order valence-electron chi connectivity index (χ2n) is 4.79. The van der Waals surface area contributed by atoms with Crippen molar-refractivity contribution in [1.29, 1.82) is 0 Å². The van der Waals surface area contributed by atoms with Crippen LogP contribution in [0.1, 0.15) is 24.2 Å². The van der Waals surface area contributed by atoms with Crippen LogP contribution < -0.4 is 24.8 Å². The number of carbonyl (C=O) groups excluding carboxylic acids is 2. The van der Waals surface area contributed by atoms with Crippen LogP contribution in [0.25, 0.3) is 0 Å². The molecule has 0 radical (unpaired) electrons. The molecule has 7 heteroatoms. The van der Waals surface area contributed by atoms with Crippen molar-refractivity contribution in [3.63, 3.8) is 0 Å². The van der Waals surface area contributed by atoms with Gasteiger partial charge in [0.05, 0.1) is 7.11 Å². The summed E-state index contributed by atoms with van der Waals surface area (Å²) in [5.74, 6) is 0.755. The van der Waals surface area contributed by atoms with Gasteiger partial charge >= 0.3 is 0 Å². The highest BCUT2D eigenvalue weighted by Gasteiger charge is 2.22. The van der Waals surface area contributed by atoms with E-state index in [1.165, 1.54) is 7.11 Å². The van der Waals surface area contributed by atoms with Gasteiger partial charge in [-0.25, -0.2) is 0 Å². The molecule has 1 aromatic rings. The molecule has 2 rings (SSSR count). The fourth-order valence-corrected chi connectivity index (χ4v) is 2.08. The van der Waals surface area contributed by atoms with Crippen LogP contribution >= 0.6 is 0 Å². The fourth-order valence-electron chi connectivity index (χ4n) is 2.08. The first-order valence-corrected chi connectivity index (χ1v) is 7.13. The molecule has 0 saturated carbocycles. The van der Waals surface area contributed by atoms with Crippen LogP contribution in [-0.4, -0.2) is 44.7 Å². The second-order valence-corrected chi connectivity index (χ2v) is 4.79. The number of benzene rings is 1. The Labute approximate surface area is 128 Å². The van der Waals surface area contributed by atoms with Crippen LogP contribution in [0.3, 0.4) is 0 Å². The van der Waals surface area contributed by atoms with Gasteiger partial charge in [-0.3, -0.25) is 9.59 Å². The molecular formula is C15H20N2O5. The van der Waals surface area contributed by atoms with E-state index in [-0.39, 0.29) is 11.8 Å². The summed E-state index contributed by atoms with van der Waals surface area (Å²) in [6.45, 7) is 4.80. The summed E-state index contributed by atoms with van der Waals surface area (Å²) in [7, 11) is 1.49. The minimum atomic E-state index is -0.633. The zero-order valence-electron chi connectivity index (χ0n) is 12.9. The normalized spacial score (nSPS) is 14.0. The second kappa shape index (κ2) is 7.02. The summed E-state index contributed by atoms with van der Waals surface area (Å²) in [6.07, 6.45) is 0. The number of rotatable bonds is 5. The summed E-state index contributed by atoms with van der Waals surface area (Å²) < 4.78 is 16.2. The van der Waals surface area contributed by atoms with Gasteiger partial charge < -0.3 is 24.8 Å². The lowest BCUT2D eigenvalue weighted by Crippen LogP contribution is -2.44. The quantitative estimate of drug-likeness (QED) is 0.837. The lowest BCUT2D eigenvalue weighted by molar-refractivity contribution is -0.122. The van der Waals surface area contributed by atoms with Crippen LogP contribution in [0.2, 0.25) is 0 Å². The number of hydrogen-bond acceptors (Lipinski definition) is 5. The molecule has 0 aliphatic carbocycles. The molecule has 120 valence electrons. The SMILES string of the molecule is CCNC(=O)[C@H](C)NC(=O)c1cc(OC)c2c(c1)OCCO2. The van der Waals surface area contributed by atoms with E-state index in [1.807, 2.05) is 6.92 Å². The Bertz CT molecular complexity index is 556. The largest absolute Gasteiger partial charge is 0.493 e. The Morgan fingerprint density at radius 2 is 2.05 bits per heavy atom. The number of likely N-dealkylation sites (N-methyl/N-ethyl adjacent to an activating group) is 1. The Balaban J connectivity index is 2.18. The van der Waals surface area contributed by atoms with Crippen LogP contribution in [0.5, 0.6) is 17.2 Å². The number of ether oxygens (including phenoxy) is 3. The topological polar surface area (TPSA) is 85.9 Å². The number of fused-ring (bicyclic) bond motifs is 1. The van der Waals surface area contributed by atoms with E-state index in [2.05, 4.69) is 10.6 Å². The smallest absolute Gasteiger partial charge is 0.252 e. The third-order valence-corrected chi connectivity index (χ3v) is 3.18. The van der Waals surface area contributed by atoms with Gasteiger partial charge in [-0.1, -0.05) is 0 Å². The van der Waals surface area contributed by atoms with E-state index in [0.717, 1.165) is 0 Å². The molecule has 1 aliphatic rings. The van der Waals surface area contributed by atoms with Gasteiger partial charge in [0, 0.05) is 12.1 Å². The predicted molar refractivity (Wildman–Crippen MR) is 79.6 cm³/mol. The van der Waals surface area contributed by atoms with E-state index in [0.29, 0.717) is 42.6 Å². The van der Waals surface area contributed by atoms with Gasteiger partial charge in [0.25, 0.3) is 5.91 Å². The standard InChI is InChI=1S/C15H20N2O5/c1-4-16-14(18)9(2)17-15(19)10-7-11(20-3)13-12(8-10)21-5-6-22-13/h7-9H,4-6H2,1-3H3,(H,16,18)(H,17,19)/t9-/m0/s1. The zero-order valence-corrected chi connectivity index (χ0v) is 12.9. The van der Waals surface area contributed by atoms with Crippen LogP contribution in [-0.2, 0) is 4.79 Å². The van der Waals surface area contributed by atoms with Crippen molar-refractivity contribution in [3.8, 4) is 17.2 Å². The van der Waals surface area contributed by atoms with Crippen LogP contribution in [0.15, 0.2) is 12.1 Å². The van der Waals surface area contributed by atoms with Gasteiger partial charge in [0.15, 0.2) is 11.5 Å². The van der Waals surface area contributed by atoms with Crippen molar-refractivity contribution in [3.05, 3.63) is 17.7 Å². The summed E-state index contributed by atoms with van der Waals surface area (Å²) in [4.78, 5) is 23.9. The highest BCUT2D eigenvalue weighted by atomic mass is 16.6. The molecule has 0 fully saturated rings. The molecule has 0 unspecified atom stereocenters. The zero-order chi connectivity index (χ0) is 16.1. The van der Waals surface area contributed by atoms with E-state index in [1.54, 1.807) is 19.1 Å². The third-order valence-electron chi connectivity index (χ3n) is 3.18. The van der Waals surface area contributed by atoms with Gasteiger partial charge in [-0.05, 0) is 26.0 Å². The maximum atomic E-state index is 12.3. The average molecular weight is 308 g/mol. The highest BCUT2D eigenvalue weighted by molar-refractivity contribution is 5.98. The summed E-state index contributed by atoms with van der Waals surface area (Å²) in [6, 6.07) is 2.51. The van der Waals surface area contributed by atoms with E-state index >= 15 is 0 Å². The van der Waals surface area contributed by atoms with Crippen molar-refractivity contribution in [2.24, 2.45) is 0 Å². The number of nitrogens with one attached hydrogen (secondary N) is 2. The minimum Gasteiger partial charge on any atom is -0.493 e. The Kier molecular flexibility index (Phi) is 5.08. The first-order chi connectivity index (χ1) is 10.6. The van der Waals surface area contributed by atoms with Crippen molar-refractivity contribution in [2.75, 3.05) is 26.9 Å². The molecular weight excluding hydrogens is 288 g/mol. The molecule has 0 spiro atoms. The first-order valence-electron chi connectivity index (χ1n) is 7.13. The highest BCUT2D eigenvalue weighted by Crippen LogP contribution is 2.40. The molecule has 22 heavy (non-hydrogen) atoms. The first kappa shape index (κ1) is 15.9. The van der Waals surface area contributed by atoms with Gasteiger partial charge in [-0.2, -0.15) is 0 Å². The van der Waals surface area contributed by atoms with Crippen LogP contribution in [0.4, 0.5) is 0 Å². The van der Waals surface area contributed by atoms with Gasteiger partial charge in [0.1, 0.15) is 19.3 Å².